The monoisotopic (exact) mass is 410 g/mol. The number of rotatable bonds is 5. The lowest BCUT2D eigenvalue weighted by atomic mass is 10.0. The van der Waals surface area contributed by atoms with E-state index in [4.69, 9.17) is 5.73 Å². The Kier molecular flexibility index (Phi) is 5.10. The molecule has 29 heavy (non-hydrogen) atoms. The minimum atomic E-state index is -0.667. The van der Waals surface area contributed by atoms with Gasteiger partial charge in [0, 0.05) is 23.9 Å². The van der Waals surface area contributed by atoms with Crippen LogP contribution in [-0.4, -0.2) is 26.7 Å². The molecule has 2 N–H and O–H groups in total. The molecule has 0 aliphatic heterocycles. The largest absolute Gasteiger partial charge is 0.364 e. The van der Waals surface area contributed by atoms with E-state index in [1.54, 1.807) is 35.5 Å². The van der Waals surface area contributed by atoms with Gasteiger partial charge < -0.3 is 10.6 Å². The number of fused-ring (bicyclic) bond motifs is 1. The minimum Gasteiger partial charge on any atom is -0.364 e. The Morgan fingerprint density at radius 2 is 2.10 bits per heavy atom. The SMILES string of the molecule is Cc1ncsc1C(=O)N(Cc1cccnc1C(N)=O)[C@@H]1CCc2cccc(F)c21. The topological polar surface area (TPSA) is 89.2 Å². The van der Waals surface area contributed by atoms with E-state index in [1.165, 1.54) is 23.6 Å². The Morgan fingerprint density at radius 1 is 1.28 bits per heavy atom. The van der Waals surface area contributed by atoms with Gasteiger partial charge in [-0.1, -0.05) is 18.2 Å². The highest BCUT2D eigenvalue weighted by atomic mass is 32.1. The number of benzene rings is 1. The van der Waals surface area contributed by atoms with Crippen LogP contribution in [0.25, 0.3) is 0 Å². The number of pyridine rings is 1. The summed E-state index contributed by atoms with van der Waals surface area (Å²) < 4.78 is 14.7. The Labute approximate surface area is 171 Å². The van der Waals surface area contributed by atoms with Gasteiger partial charge in [-0.2, -0.15) is 0 Å². The lowest BCUT2D eigenvalue weighted by Gasteiger charge is -2.30. The van der Waals surface area contributed by atoms with E-state index < -0.39 is 11.9 Å². The molecule has 148 valence electrons. The summed E-state index contributed by atoms with van der Waals surface area (Å²) in [7, 11) is 0. The van der Waals surface area contributed by atoms with E-state index >= 15 is 0 Å². The third kappa shape index (κ3) is 3.51. The van der Waals surface area contributed by atoms with E-state index in [2.05, 4.69) is 9.97 Å². The molecular weight excluding hydrogens is 391 g/mol. The van der Waals surface area contributed by atoms with E-state index in [-0.39, 0.29) is 24.0 Å². The van der Waals surface area contributed by atoms with Crippen molar-refractivity contribution in [2.24, 2.45) is 5.73 Å². The second-order valence-corrected chi connectivity index (χ2v) is 7.80. The molecule has 1 aliphatic carbocycles. The van der Waals surface area contributed by atoms with Crippen LogP contribution in [0.4, 0.5) is 4.39 Å². The molecule has 6 nitrogen and oxygen atoms in total. The third-order valence-corrected chi connectivity index (χ3v) is 6.12. The van der Waals surface area contributed by atoms with Gasteiger partial charge in [0.25, 0.3) is 11.8 Å². The van der Waals surface area contributed by atoms with Gasteiger partial charge >= 0.3 is 0 Å². The van der Waals surface area contributed by atoms with Crippen molar-refractivity contribution < 1.29 is 14.0 Å². The van der Waals surface area contributed by atoms with Crippen LogP contribution in [-0.2, 0) is 13.0 Å². The Bertz CT molecular complexity index is 1100. The maximum Gasteiger partial charge on any atom is 0.267 e. The van der Waals surface area contributed by atoms with E-state index in [0.717, 1.165) is 5.56 Å². The first kappa shape index (κ1) is 19.2. The summed E-state index contributed by atoms with van der Waals surface area (Å²) >= 11 is 1.25. The van der Waals surface area contributed by atoms with Crippen molar-refractivity contribution >= 4 is 23.2 Å². The Balaban J connectivity index is 1.79. The van der Waals surface area contributed by atoms with Crippen molar-refractivity contribution in [1.82, 2.24) is 14.9 Å². The van der Waals surface area contributed by atoms with Crippen LogP contribution in [0.15, 0.2) is 42.0 Å². The van der Waals surface area contributed by atoms with Crippen LogP contribution < -0.4 is 5.73 Å². The number of thiazole rings is 1. The van der Waals surface area contributed by atoms with Gasteiger partial charge in [-0.05, 0) is 37.5 Å². The standard InChI is InChI=1S/C21H19FN4O2S/c1-12-19(29-11-25-12)21(28)26(10-14-5-3-9-24-18(14)20(23)27)16-8-7-13-4-2-6-15(22)17(13)16/h2-6,9,11,16H,7-8,10H2,1H3,(H2,23,27)/t16-/m1/s1. The van der Waals surface area contributed by atoms with E-state index in [1.807, 2.05) is 6.07 Å². The van der Waals surface area contributed by atoms with Gasteiger partial charge in [0.1, 0.15) is 16.4 Å². The molecular formula is C21H19FN4O2S. The Morgan fingerprint density at radius 3 is 2.83 bits per heavy atom. The molecule has 2 amide bonds. The highest BCUT2D eigenvalue weighted by Crippen LogP contribution is 2.39. The van der Waals surface area contributed by atoms with Gasteiger partial charge in [-0.25, -0.2) is 9.37 Å². The molecule has 3 aromatic rings. The molecule has 0 radical (unpaired) electrons. The first-order chi connectivity index (χ1) is 14.0. The zero-order chi connectivity index (χ0) is 20.5. The highest BCUT2D eigenvalue weighted by molar-refractivity contribution is 7.11. The number of nitrogens with two attached hydrogens (primary N) is 1. The van der Waals surface area contributed by atoms with E-state index in [0.29, 0.717) is 34.5 Å². The van der Waals surface area contributed by atoms with Gasteiger partial charge in [0.05, 0.1) is 17.2 Å². The second-order valence-electron chi connectivity index (χ2n) is 6.94. The number of hydrogen-bond acceptors (Lipinski definition) is 5. The normalized spacial score (nSPS) is 15.2. The second kappa shape index (κ2) is 7.71. The number of primary amides is 1. The van der Waals surface area contributed by atoms with Crippen molar-refractivity contribution in [2.75, 3.05) is 0 Å². The molecule has 1 aromatic carbocycles. The molecule has 2 aromatic heterocycles. The van der Waals surface area contributed by atoms with Crippen molar-refractivity contribution in [3.8, 4) is 0 Å². The van der Waals surface area contributed by atoms with Crippen molar-refractivity contribution in [3.63, 3.8) is 0 Å². The zero-order valence-corrected chi connectivity index (χ0v) is 16.6. The maximum absolute atomic E-state index is 14.7. The summed E-state index contributed by atoms with van der Waals surface area (Å²) in [5.41, 5.74) is 9.77. The Hall–Kier alpha value is -3.13. The lowest BCUT2D eigenvalue weighted by molar-refractivity contribution is 0.0657. The fourth-order valence-electron chi connectivity index (χ4n) is 3.85. The van der Waals surface area contributed by atoms with Gasteiger partial charge in [-0.3, -0.25) is 14.6 Å². The number of amides is 2. The summed E-state index contributed by atoms with van der Waals surface area (Å²) in [5.74, 6) is -1.24. The van der Waals surface area contributed by atoms with Crippen LogP contribution in [0, 0.1) is 12.7 Å². The lowest BCUT2D eigenvalue weighted by Crippen LogP contribution is -2.35. The van der Waals surface area contributed by atoms with E-state index in [9.17, 15) is 14.0 Å². The van der Waals surface area contributed by atoms with Crippen molar-refractivity contribution in [1.29, 1.82) is 0 Å². The number of hydrogen-bond donors (Lipinski definition) is 1. The summed E-state index contributed by atoms with van der Waals surface area (Å²) in [4.78, 5) is 35.6. The molecule has 2 heterocycles. The molecule has 0 unspecified atom stereocenters. The molecule has 8 heteroatoms. The molecule has 1 aliphatic rings. The van der Waals surface area contributed by atoms with Crippen LogP contribution in [0.2, 0.25) is 0 Å². The molecule has 4 rings (SSSR count). The number of carbonyl (C=O) groups is 2. The molecule has 0 saturated carbocycles. The molecule has 0 fully saturated rings. The number of nitrogens with zero attached hydrogens (tertiary/aromatic N) is 3. The number of aryl methyl sites for hydroxylation is 2. The molecule has 1 atom stereocenters. The van der Waals surface area contributed by atoms with Crippen molar-refractivity contribution in [3.05, 3.63) is 80.8 Å². The van der Waals surface area contributed by atoms with Crippen molar-refractivity contribution in [2.45, 2.75) is 32.4 Å². The summed E-state index contributed by atoms with van der Waals surface area (Å²) in [5, 5.41) is 0. The molecule has 0 spiro atoms. The number of aromatic nitrogens is 2. The fourth-order valence-corrected chi connectivity index (χ4v) is 4.61. The van der Waals surface area contributed by atoms with Gasteiger partial charge in [-0.15, -0.1) is 11.3 Å². The first-order valence-corrected chi connectivity index (χ1v) is 10.1. The average Bonchev–Trinajstić information content (AvgIpc) is 3.33. The smallest absolute Gasteiger partial charge is 0.267 e. The quantitative estimate of drug-likeness (QED) is 0.698. The van der Waals surface area contributed by atoms with Crippen LogP contribution in [0.5, 0.6) is 0 Å². The minimum absolute atomic E-state index is 0.0979. The summed E-state index contributed by atoms with van der Waals surface area (Å²) in [6, 6.07) is 7.94. The zero-order valence-electron chi connectivity index (χ0n) is 15.8. The highest BCUT2D eigenvalue weighted by Gasteiger charge is 2.35. The fraction of sp³-hybridized carbons (Fsp3) is 0.238. The molecule has 0 saturated heterocycles. The van der Waals surface area contributed by atoms with Crippen LogP contribution in [0.1, 0.15) is 55.0 Å². The first-order valence-electron chi connectivity index (χ1n) is 9.19. The predicted molar refractivity (Wildman–Crippen MR) is 107 cm³/mol. The number of halogens is 1. The summed E-state index contributed by atoms with van der Waals surface area (Å²) in [6.45, 7) is 1.87. The summed E-state index contributed by atoms with van der Waals surface area (Å²) in [6.07, 6.45) is 2.76. The maximum atomic E-state index is 14.7. The third-order valence-electron chi connectivity index (χ3n) is 5.21. The van der Waals surface area contributed by atoms with Gasteiger partial charge in [0.2, 0.25) is 0 Å². The molecule has 0 bridgehead atoms. The van der Waals surface area contributed by atoms with Crippen LogP contribution in [0.3, 0.4) is 0 Å². The van der Waals surface area contributed by atoms with Gasteiger partial charge in [0.15, 0.2) is 0 Å². The van der Waals surface area contributed by atoms with Crippen LogP contribution >= 0.6 is 11.3 Å². The number of carbonyl (C=O) groups excluding carboxylic acids is 2. The predicted octanol–water partition coefficient (Wildman–Crippen LogP) is 3.41. The average molecular weight is 410 g/mol.